The second kappa shape index (κ2) is 8.21. The minimum Gasteiger partial charge on any atom is -0.462 e. The smallest absolute Gasteiger partial charge is 0.269 e. The van der Waals surface area contributed by atoms with E-state index in [2.05, 4.69) is 0 Å². The number of nitrogens with zero attached hydrogens (tertiary/aromatic N) is 1. The van der Waals surface area contributed by atoms with Crippen molar-refractivity contribution in [2.24, 2.45) is 0 Å². The predicted octanol–water partition coefficient (Wildman–Crippen LogP) is 0.386. The largest absolute Gasteiger partial charge is 0.462 e. The normalized spacial score (nSPS) is 30.0. The minimum absolute atomic E-state index is 0.0954. The second-order valence-electron chi connectivity index (χ2n) is 6.65. The van der Waals surface area contributed by atoms with E-state index < -0.39 is 41.7 Å². The molecule has 0 aromatic heterocycles. The van der Waals surface area contributed by atoms with Crippen molar-refractivity contribution < 1.29 is 34.8 Å². The second-order valence-corrected chi connectivity index (χ2v) is 6.65. The number of hydrogen-bond acceptors (Lipinski definition) is 8. The topological polar surface area (TPSA) is 143 Å². The Morgan fingerprint density at radius 3 is 2.32 bits per heavy atom. The van der Waals surface area contributed by atoms with Gasteiger partial charge in [-0.2, -0.15) is 0 Å². The highest BCUT2D eigenvalue weighted by atomic mass is 16.7. The molecule has 5 atom stereocenters. The van der Waals surface area contributed by atoms with Crippen LogP contribution in [0.4, 0.5) is 5.69 Å². The van der Waals surface area contributed by atoms with Crippen LogP contribution in [0.2, 0.25) is 0 Å². The van der Waals surface area contributed by atoms with Gasteiger partial charge < -0.3 is 29.9 Å². The Bertz CT molecular complexity index is 799. The Labute approximate surface area is 160 Å². The number of nitro benzene ring substituents is 1. The number of non-ortho nitro benzene ring substituents is 1. The molecule has 1 aliphatic rings. The molecule has 2 aromatic carbocycles. The molecule has 1 fully saturated rings. The Hall–Kier alpha value is -2.56. The third kappa shape index (κ3) is 3.98. The summed E-state index contributed by atoms with van der Waals surface area (Å²) in [6.07, 6.45) is -5.90. The molecule has 1 heterocycles. The van der Waals surface area contributed by atoms with Crippen molar-refractivity contribution in [2.45, 2.75) is 36.6 Å². The Morgan fingerprint density at radius 1 is 1.11 bits per heavy atom. The van der Waals surface area contributed by atoms with Crippen LogP contribution in [0.5, 0.6) is 5.75 Å². The summed E-state index contributed by atoms with van der Waals surface area (Å²) in [5.41, 5.74) is -1.51. The van der Waals surface area contributed by atoms with E-state index in [9.17, 15) is 30.5 Å². The summed E-state index contributed by atoms with van der Waals surface area (Å²) in [6.45, 7) is -0.597. The fourth-order valence-electron chi connectivity index (χ4n) is 3.16. The molecule has 1 aliphatic heterocycles. The van der Waals surface area contributed by atoms with Crippen LogP contribution >= 0.6 is 0 Å². The lowest BCUT2D eigenvalue weighted by Crippen LogP contribution is -2.68. The van der Waals surface area contributed by atoms with Gasteiger partial charge in [0, 0.05) is 18.6 Å². The molecule has 4 N–H and O–H groups in total. The van der Waals surface area contributed by atoms with Gasteiger partial charge >= 0.3 is 0 Å². The number of aliphatic hydroxyl groups excluding tert-OH is 3. The molecule has 9 nitrogen and oxygen atoms in total. The standard InChI is InChI=1S/C19H21NO8/c21-11-15-16(22)17(23)19(24,10-12-4-2-1-3-5-12)18(28-15)27-14-8-6-13(7-9-14)20(25)26/h1-9,15-18,21-24H,10-11H2/t15-,16+,17+,18+,19-/m1/s1. The molecule has 3 rings (SSSR count). The zero-order chi connectivity index (χ0) is 20.3. The van der Waals surface area contributed by atoms with Gasteiger partial charge in [0.2, 0.25) is 6.29 Å². The maximum Gasteiger partial charge on any atom is 0.269 e. The molecule has 0 amide bonds. The summed E-state index contributed by atoms with van der Waals surface area (Å²) in [7, 11) is 0. The molecular formula is C19H21NO8. The SMILES string of the molecule is O=[N+]([O-])c1ccc(O[C@H]2O[C@H](CO)[C@H](O)[C@H](O)[C@]2(O)Cc2ccccc2)cc1. The molecule has 0 unspecified atom stereocenters. The molecule has 28 heavy (non-hydrogen) atoms. The number of benzene rings is 2. The fourth-order valence-corrected chi connectivity index (χ4v) is 3.16. The van der Waals surface area contributed by atoms with Crippen molar-refractivity contribution >= 4 is 5.69 Å². The average molecular weight is 391 g/mol. The van der Waals surface area contributed by atoms with Crippen LogP contribution in [0, 0.1) is 10.1 Å². The third-order valence-electron chi connectivity index (χ3n) is 4.72. The van der Waals surface area contributed by atoms with E-state index in [0.29, 0.717) is 5.56 Å². The Morgan fingerprint density at radius 2 is 1.75 bits per heavy atom. The van der Waals surface area contributed by atoms with Crippen molar-refractivity contribution in [1.82, 2.24) is 0 Å². The first-order valence-corrected chi connectivity index (χ1v) is 8.65. The first-order valence-electron chi connectivity index (χ1n) is 8.65. The molecule has 0 spiro atoms. The number of hydrogen-bond donors (Lipinski definition) is 4. The van der Waals surface area contributed by atoms with Gasteiger partial charge in [0.25, 0.3) is 5.69 Å². The summed E-state index contributed by atoms with van der Waals surface area (Å²) >= 11 is 0. The summed E-state index contributed by atoms with van der Waals surface area (Å²) in [5.74, 6) is 0.155. The van der Waals surface area contributed by atoms with Gasteiger partial charge in [-0.3, -0.25) is 10.1 Å². The van der Waals surface area contributed by atoms with E-state index in [1.165, 1.54) is 24.3 Å². The first kappa shape index (κ1) is 20.2. The lowest BCUT2D eigenvalue weighted by Gasteiger charge is -2.47. The first-order chi connectivity index (χ1) is 13.3. The minimum atomic E-state index is -2.03. The maximum absolute atomic E-state index is 11.2. The lowest BCUT2D eigenvalue weighted by atomic mass is 9.81. The van der Waals surface area contributed by atoms with Crippen LogP contribution < -0.4 is 4.74 Å². The van der Waals surface area contributed by atoms with E-state index in [1.807, 2.05) is 0 Å². The zero-order valence-corrected chi connectivity index (χ0v) is 14.8. The lowest BCUT2D eigenvalue weighted by molar-refractivity contribution is -0.384. The van der Waals surface area contributed by atoms with Gasteiger partial charge in [-0.1, -0.05) is 30.3 Å². The highest BCUT2D eigenvalue weighted by Gasteiger charge is 2.56. The number of rotatable bonds is 6. The highest BCUT2D eigenvalue weighted by Crippen LogP contribution is 2.35. The predicted molar refractivity (Wildman–Crippen MR) is 96.6 cm³/mol. The molecular weight excluding hydrogens is 370 g/mol. The van der Waals surface area contributed by atoms with Crippen molar-refractivity contribution in [2.75, 3.05) is 6.61 Å². The highest BCUT2D eigenvalue weighted by molar-refractivity contribution is 5.36. The Balaban J connectivity index is 1.89. The van der Waals surface area contributed by atoms with Crippen LogP contribution in [-0.2, 0) is 11.2 Å². The number of nitro groups is 1. The molecule has 0 aliphatic carbocycles. The van der Waals surface area contributed by atoms with Crippen LogP contribution in [0.3, 0.4) is 0 Å². The Kier molecular flexibility index (Phi) is 5.92. The number of aliphatic hydroxyl groups is 4. The van der Waals surface area contributed by atoms with E-state index in [1.54, 1.807) is 30.3 Å². The van der Waals surface area contributed by atoms with E-state index in [-0.39, 0.29) is 17.9 Å². The average Bonchev–Trinajstić information content (AvgIpc) is 2.70. The van der Waals surface area contributed by atoms with E-state index in [0.717, 1.165) is 0 Å². The zero-order valence-electron chi connectivity index (χ0n) is 14.8. The van der Waals surface area contributed by atoms with Crippen molar-refractivity contribution in [3.63, 3.8) is 0 Å². The molecule has 2 aromatic rings. The van der Waals surface area contributed by atoms with Crippen LogP contribution in [-0.4, -0.2) is 62.2 Å². The molecule has 1 saturated heterocycles. The van der Waals surface area contributed by atoms with Gasteiger partial charge in [-0.05, 0) is 17.7 Å². The summed E-state index contributed by atoms with van der Waals surface area (Å²) in [6, 6.07) is 13.9. The summed E-state index contributed by atoms with van der Waals surface area (Å²) in [4.78, 5) is 10.2. The number of ether oxygens (including phenoxy) is 2. The van der Waals surface area contributed by atoms with Crippen molar-refractivity contribution in [3.8, 4) is 5.75 Å². The van der Waals surface area contributed by atoms with Crippen LogP contribution in [0.1, 0.15) is 5.56 Å². The maximum atomic E-state index is 11.2. The monoisotopic (exact) mass is 391 g/mol. The molecule has 9 heteroatoms. The molecule has 0 bridgehead atoms. The van der Waals surface area contributed by atoms with E-state index in [4.69, 9.17) is 9.47 Å². The van der Waals surface area contributed by atoms with Crippen molar-refractivity contribution in [1.29, 1.82) is 0 Å². The van der Waals surface area contributed by atoms with Gasteiger partial charge in [-0.15, -0.1) is 0 Å². The quantitative estimate of drug-likeness (QED) is 0.409. The molecule has 150 valence electrons. The molecule has 0 radical (unpaired) electrons. The van der Waals surface area contributed by atoms with E-state index >= 15 is 0 Å². The summed E-state index contributed by atoms with van der Waals surface area (Å²) in [5, 5.41) is 52.2. The summed E-state index contributed by atoms with van der Waals surface area (Å²) < 4.78 is 11.2. The van der Waals surface area contributed by atoms with Gasteiger partial charge in [0.1, 0.15) is 24.1 Å². The van der Waals surface area contributed by atoms with Gasteiger partial charge in [0.15, 0.2) is 5.60 Å². The van der Waals surface area contributed by atoms with Crippen LogP contribution in [0.25, 0.3) is 0 Å². The van der Waals surface area contributed by atoms with Crippen LogP contribution in [0.15, 0.2) is 54.6 Å². The fraction of sp³-hybridized carbons (Fsp3) is 0.368. The van der Waals surface area contributed by atoms with Crippen molar-refractivity contribution in [3.05, 3.63) is 70.3 Å². The third-order valence-corrected chi connectivity index (χ3v) is 4.72. The van der Waals surface area contributed by atoms with Gasteiger partial charge in [0.05, 0.1) is 11.5 Å². The van der Waals surface area contributed by atoms with Gasteiger partial charge in [-0.25, -0.2) is 0 Å². The molecule has 0 saturated carbocycles.